The summed E-state index contributed by atoms with van der Waals surface area (Å²) >= 11 is 0. The van der Waals surface area contributed by atoms with Gasteiger partial charge in [0.1, 0.15) is 0 Å². The fourth-order valence-electron chi connectivity index (χ4n) is 1.87. The van der Waals surface area contributed by atoms with Gasteiger partial charge in [-0.25, -0.2) is 0 Å². The first-order valence-electron chi connectivity index (χ1n) is 6.13. The molecule has 1 aromatic carbocycles. The number of alkyl halides is 3. The van der Waals surface area contributed by atoms with Gasteiger partial charge in [-0.2, -0.15) is 13.2 Å². The van der Waals surface area contributed by atoms with Gasteiger partial charge in [-0.1, -0.05) is 5.16 Å². The normalized spacial score (nSPS) is 14.1. The molecule has 0 aromatic heterocycles. The van der Waals surface area contributed by atoms with E-state index in [0.717, 1.165) is 12.1 Å². The molecule has 118 valence electrons. The summed E-state index contributed by atoms with van der Waals surface area (Å²) < 4.78 is 43.3. The van der Waals surface area contributed by atoms with Gasteiger partial charge in [-0.05, 0) is 25.1 Å². The highest BCUT2D eigenvalue weighted by Gasteiger charge is 2.32. The van der Waals surface area contributed by atoms with E-state index >= 15 is 0 Å². The van der Waals surface area contributed by atoms with Crippen molar-refractivity contribution in [3.63, 3.8) is 0 Å². The fraction of sp³-hybridized carbons (Fsp3) is 0.462. The average Bonchev–Trinajstić information content (AvgIpc) is 2.44. The molecule has 0 radical (unpaired) electrons. The van der Waals surface area contributed by atoms with Gasteiger partial charge in [-0.3, -0.25) is 0 Å². The third kappa shape index (κ3) is 4.01. The van der Waals surface area contributed by atoms with Crippen molar-refractivity contribution in [1.82, 2.24) is 0 Å². The van der Waals surface area contributed by atoms with Gasteiger partial charge in [0.05, 0.1) is 12.2 Å². The molecule has 1 unspecified atom stereocenters. The van der Waals surface area contributed by atoms with Crippen molar-refractivity contribution in [3.05, 3.63) is 29.3 Å². The Labute approximate surface area is 120 Å². The van der Waals surface area contributed by atoms with E-state index in [2.05, 4.69) is 5.16 Å². The number of halogens is 3. The van der Waals surface area contributed by atoms with Gasteiger partial charge in [0, 0.05) is 31.5 Å². The van der Waals surface area contributed by atoms with Gasteiger partial charge in [-0.15, -0.1) is 0 Å². The molecule has 3 N–H and O–H groups in total. The van der Waals surface area contributed by atoms with Crippen LogP contribution in [0.3, 0.4) is 0 Å². The Morgan fingerprint density at radius 3 is 2.57 bits per heavy atom. The summed E-state index contributed by atoms with van der Waals surface area (Å²) in [5.74, 6) is -0.382. The molecule has 0 amide bonds. The van der Waals surface area contributed by atoms with Crippen molar-refractivity contribution in [2.45, 2.75) is 19.1 Å². The number of ether oxygens (including phenoxy) is 1. The second-order valence-corrected chi connectivity index (χ2v) is 4.63. The molecule has 0 spiro atoms. The SMILES string of the molecule is COCC(C)N(C)c1ccc(C(F)(F)F)cc1C(N)=NO. The Bertz CT molecular complexity index is 518. The van der Waals surface area contributed by atoms with Crippen molar-refractivity contribution in [2.24, 2.45) is 10.9 Å². The molecule has 0 aliphatic carbocycles. The standard InChI is InChI=1S/C13H18F3N3O2/c1-8(7-21-3)19(2)11-5-4-9(13(14,15)16)6-10(11)12(17)18-20/h4-6,8,20H,7H2,1-3H3,(H2,17,18). The molecule has 1 atom stereocenters. The van der Waals surface area contributed by atoms with Crippen LogP contribution in [0.2, 0.25) is 0 Å². The second kappa shape index (κ2) is 6.66. The number of benzene rings is 1. The van der Waals surface area contributed by atoms with Crippen LogP contribution < -0.4 is 10.6 Å². The van der Waals surface area contributed by atoms with Crippen LogP contribution in [0.5, 0.6) is 0 Å². The van der Waals surface area contributed by atoms with E-state index in [9.17, 15) is 13.2 Å². The largest absolute Gasteiger partial charge is 0.416 e. The zero-order valence-corrected chi connectivity index (χ0v) is 12.0. The number of nitrogens with zero attached hydrogens (tertiary/aromatic N) is 2. The second-order valence-electron chi connectivity index (χ2n) is 4.63. The Hall–Kier alpha value is -1.96. The van der Waals surface area contributed by atoms with Gasteiger partial charge in [0.15, 0.2) is 5.84 Å². The summed E-state index contributed by atoms with van der Waals surface area (Å²) in [4.78, 5) is 1.71. The smallest absolute Gasteiger partial charge is 0.409 e. The molecule has 21 heavy (non-hydrogen) atoms. The maximum Gasteiger partial charge on any atom is 0.416 e. The molecule has 0 aliphatic heterocycles. The average molecular weight is 305 g/mol. The van der Waals surface area contributed by atoms with Gasteiger partial charge < -0.3 is 20.6 Å². The number of oxime groups is 1. The minimum atomic E-state index is -4.50. The van der Waals surface area contributed by atoms with Crippen LogP contribution in [-0.4, -0.2) is 37.8 Å². The molecule has 0 bridgehead atoms. The predicted octanol–water partition coefficient (Wildman–Crippen LogP) is 2.27. The molecule has 0 fully saturated rings. The zero-order chi connectivity index (χ0) is 16.2. The highest BCUT2D eigenvalue weighted by Crippen LogP contribution is 2.33. The highest BCUT2D eigenvalue weighted by molar-refractivity contribution is 6.02. The predicted molar refractivity (Wildman–Crippen MR) is 73.7 cm³/mol. The summed E-state index contributed by atoms with van der Waals surface area (Å²) in [6, 6.07) is 3.01. The third-order valence-corrected chi connectivity index (χ3v) is 3.16. The van der Waals surface area contributed by atoms with Crippen molar-refractivity contribution < 1.29 is 23.1 Å². The number of methoxy groups -OCH3 is 1. The Morgan fingerprint density at radius 2 is 2.10 bits per heavy atom. The van der Waals surface area contributed by atoms with Crippen molar-refractivity contribution >= 4 is 11.5 Å². The first-order chi connectivity index (χ1) is 9.72. The Kier molecular flexibility index (Phi) is 5.42. The minimum Gasteiger partial charge on any atom is -0.409 e. The quantitative estimate of drug-likeness (QED) is 0.379. The molecule has 0 saturated carbocycles. The van der Waals surface area contributed by atoms with Gasteiger partial charge in [0.25, 0.3) is 0 Å². The molecular formula is C13H18F3N3O2. The van der Waals surface area contributed by atoms with Crippen LogP contribution in [0.4, 0.5) is 18.9 Å². The van der Waals surface area contributed by atoms with E-state index in [1.165, 1.54) is 13.2 Å². The number of likely N-dealkylation sites (N-methyl/N-ethyl adjacent to an activating group) is 1. The maximum absolute atomic E-state index is 12.8. The van der Waals surface area contributed by atoms with Crippen molar-refractivity contribution in [3.8, 4) is 0 Å². The highest BCUT2D eigenvalue weighted by atomic mass is 19.4. The Balaban J connectivity index is 3.32. The minimum absolute atomic E-state index is 0.0118. The molecule has 8 heteroatoms. The maximum atomic E-state index is 12.8. The van der Waals surface area contributed by atoms with Gasteiger partial charge >= 0.3 is 6.18 Å². The van der Waals surface area contributed by atoms with Crippen LogP contribution >= 0.6 is 0 Å². The van der Waals surface area contributed by atoms with E-state index < -0.39 is 11.7 Å². The number of rotatable bonds is 5. The topological polar surface area (TPSA) is 71.1 Å². The number of hydrogen-bond donors (Lipinski definition) is 2. The van der Waals surface area contributed by atoms with E-state index in [4.69, 9.17) is 15.7 Å². The van der Waals surface area contributed by atoms with E-state index in [1.54, 1.807) is 11.9 Å². The molecule has 1 aromatic rings. The van der Waals surface area contributed by atoms with Crippen LogP contribution in [0.1, 0.15) is 18.1 Å². The molecule has 0 saturated heterocycles. The van der Waals surface area contributed by atoms with E-state index in [1.807, 2.05) is 6.92 Å². The zero-order valence-electron chi connectivity index (χ0n) is 12.0. The van der Waals surface area contributed by atoms with Crippen molar-refractivity contribution in [1.29, 1.82) is 0 Å². The van der Waals surface area contributed by atoms with Crippen LogP contribution in [-0.2, 0) is 10.9 Å². The summed E-state index contributed by atoms with van der Waals surface area (Å²) in [5, 5.41) is 11.6. The fourth-order valence-corrected chi connectivity index (χ4v) is 1.87. The first kappa shape index (κ1) is 17.1. The molecule has 1 rings (SSSR count). The molecular weight excluding hydrogens is 287 g/mol. The lowest BCUT2D eigenvalue weighted by atomic mass is 10.1. The first-order valence-corrected chi connectivity index (χ1v) is 6.13. The molecule has 0 aliphatic rings. The molecule has 5 nitrogen and oxygen atoms in total. The lowest BCUT2D eigenvalue weighted by Gasteiger charge is -2.28. The Morgan fingerprint density at radius 1 is 1.48 bits per heavy atom. The van der Waals surface area contributed by atoms with E-state index in [0.29, 0.717) is 12.3 Å². The van der Waals surface area contributed by atoms with Gasteiger partial charge in [0.2, 0.25) is 0 Å². The van der Waals surface area contributed by atoms with Crippen LogP contribution in [0.25, 0.3) is 0 Å². The summed E-state index contributed by atoms with van der Waals surface area (Å²) in [6.45, 7) is 2.23. The number of nitrogens with two attached hydrogens (primary N) is 1. The number of hydrogen-bond acceptors (Lipinski definition) is 4. The van der Waals surface area contributed by atoms with Crippen molar-refractivity contribution in [2.75, 3.05) is 25.7 Å². The summed E-state index contributed by atoms with van der Waals surface area (Å²) in [7, 11) is 3.22. The lowest BCUT2D eigenvalue weighted by molar-refractivity contribution is -0.137. The monoisotopic (exact) mass is 305 g/mol. The third-order valence-electron chi connectivity index (χ3n) is 3.16. The van der Waals surface area contributed by atoms with Crippen LogP contribution in [0, 0.1) is 0 Å². The summed E-state index contributed by atoms with van der Waals surface area (Å²) in [5.41, 5.74) is 5.06. The van der Waals surface area contributed by atoms with Crippen LogP contribution in [0.15, 0.2) is 23.4 Å². The number of amidine groups is 1. The summed E-state index contributed by atoms with van der Waals surface area (Å²) in [6.07, 6.45) is -4.50. The molecule has 0 heterocycles. The number of anilines is 1. The lowest BCUT2D eigenvalue weighted by Crippen LogP contribution is -2.34. The van der Waals surface area contributed by atoms with E-state index in [-0.39, 0.29) is 17.4 Å².